The van der Waals surface area contributed by atoms with Gasteiger partial charge in [0.25, 0.3) is 0 Å². The van der Waals surface area contributed by atoms with Crippen molar-refractivity contribution in [2.45, 2.75) is 26.4 Å². The van der Waals surface area contributed by atoms with E-state index in [-0.39, 0.29) is 18.3 Å². The van der Waals surface area contributed by atoms with Crippen LogP contribution >= 0.6 is 12.4 Å². The molecule has 2 aromatic carbocycles. The highest BCUT2D eigenvalue weighted by atomic mass is 35.5. The predicted octanol–water partition coefficient (Wildman–Crippen LogP) is 3.35. The number of hydrogen-bond donors (Lipinski definition) is 1. The lowest BCUT2D eigenvalue weighted by atomic mass is 10.1. The summed E-state index contributed by atoms with van der Waals surface area (Å²) in [7, 11) is 0. The third-order valence-corrected chi connectivity index (χ3v) is 4.88. The Kier molecular flexibility index (Phi) is 7.49. The molecule has 0 spiro atoms. The van der Waals surface area contributed by atoms with E-state index < -0.39 is 0 Å². The number of halogens is 1. The van der Waals surface area contributed by atoms with E-state index in [0.717, 1.165) is 30.8 Å². The molecule has 1 fully saturated rings. The van der Waals surface area contributed by atoms with Crippen LogP contribution < -0.4 is 10.5 Å². The van der Waals surface area contributed by atoms with E-state index in [2.05, 4.69) is 19.1 Å². The Morgan fingerprint density at radius 2 is 2.04 bits per heavy atom. The van der Waals surface area contributed by atoms with Crippen LogP contribution in [0, 0.1) is 12.8 Å². The molecule has 1 unspecified atom stereocenters. The Bertz CT molecular complexity index is 735. The van der Waals surface area contributed by atoms with Gasteiger partial charge in [0, 0.05) is 13.1 Å². The Labute approximate surface area is 161 Å². The van der Waals surface area contributed by atoms with Gasteiger partial charge in [-0.05, 0) is 54.6 Å². The van der Waals surface area contributed by atoms with Gasteiger partial charge in [-0.3, -0.25) is 4.79 Å². The van der Waals surface area contributed by atoms with Crippen LogP contribution in [0.2, 0.25) is 0 Å². The standard InChI is InChI=1S/C21H26N2O2.ClH/c1-16-5-2-3-7-19(16)15-25-20-8-4-6-17(11-20)12-21(24)23-10-9-18(13-22)14-23;/h2-8,11,18H,9-10,12-15,22H2,1H3;1H. The van der Waals surface area contributed by atoms with Crippen molar-refractivity contribution in [3.05, 3.63) is 65.2 Å². The van der Waals surface area contributed by atoms with E-state index in [9.17, 15) is 4.79 Å². The van der Waals surface area contributed by atoms with Crippen LogP contribution in [0.25, 0.3) is 0 Å². The number of amides is 1. The molecule has 0 aromatic heterocycles. The molecule has 4 nitrogen and oxygen atoms in total. The molecular weight excluding hydrogens is 348 g/mol. The summed E-state index contributed by atoms with van der Waals surface area (Å²) in [5, 5.41) is 0. The van der Waals surface area contributed by atoms with Gasteiger partial charge in [0.1, 0.15) is 12.4 Å². The number of carbonyl (C=O) groups is 1. The zero-order valence-corrected chi connectivity index (χ0v) is 16.0. The number of carbonyl (C=O) groups excluding carboxylic acids is 1. The number of hydrogen-bond acceptors (Lipinski definition) is 3. The van der Waals surface area contributed by atoms with Gasteiger partial charge in [0.05, 0.1) is 6.42 Å². The van der Waals surface area contributed by atoms with Crippen molar-refractivity contribution >= 4 is 18.3 Å². The second-order valence-electron chi connectivity index (χ2n) is 6.77. The van der Waals surface area contributed by atoms with Crippen LogP contribution in [0.3, 0.4) is 0 Å². The number of benzene rings is 2. The molecule has 0 radical (unpaired) electrons. The lowest BCUT2D eigenvalue weighted by Crippen LogP contribution is -2.31. The van der Waals surface area contributed by atoms with Gasteiger partial charge < -0.3 is 15.4 Å². The minimum Gasteiger partial charge on any atom is -0.489 e. The fourth-order valence-electron chi connectivity index (χ4n) is 3.22. The number of aryl methyl sites for hydroxylation is 1. The van der Waals surface area contributed by atoms with Gasteiger partial charge in [0.15, 0.2) is 0 Å². The highest BCUT2D eigenvalue weighted by Crippen LogP contribution is 2.19. The van der Waals surface area contributed by atoms with Crippen LogP contribution in [-0.4, -0.2) is 30.4 Å². The van der Waals surface area contributed by atoms with Crippen molar-refractivity contribution in [3.63, 3.8) is 0 Å². The lowest BCUT2D eigenvalue weighted by molar-refractivity contribution is -0.129. The van der Waals surface area contributed by atoms with E-state index >= 15 is 0 Å². The molecule has 0 saturated carbocycles. The monoisotopic (exact) mass is 374 g/mol. The van der Waals surface area contributed by atoms with Crippen LogP contribution in [0.1, 0.15) is 23.1 Å². The SMILES string of the molecule is Cc1ccccc1COc1cccc(CC(=O)N2CCC(CN)C2)c1.Cl. The molecule has 3 rings (SSSR count). The number of nitrogens with two attached hydrogens (primary N) is 1. The second kappa shape index (κ2) is 9.60. The van der Waals surface area contributed by atoms with Crippen molar-refractivity contribution in [1.29, 1.82) is 0 Å². The maximum atomic E-state index is 12.5. The average molecular weight is 375 g/mol. The molecule has 0 aliphatic carbocycles. The van der Waals surface area contributed by atoms with Crippen molar-refractivity contribution < 1.29 is 9.53 Å². The quantitative estimate of drug-likeness (QED) is 0.843. The molecule has 5 heteroatoms. The van der Waals surface area contributed by atoms with E-state index in [1.807, 2.05) is 41.3 Å². The van der Waals surface area contributed by atoms with Gasteiger partial charge in [-0.15, -0.1) is 12.4 Å². The Hall–Kier alpha value is -2.04. The summed E-state index contributed by atoms with van der Waals surface area (Å²) < 4.78 is 5.91. The maximum absolute atomic E-state index is 12.5. The van der Waals surface area contributed by atoms with Crippen molar-refractivity contribution in [2.24, 2.45) is 11.7 Å². The first kappa shape index (κ1) is 20.3. The van der Waals surface area contributed by atoms with Crippen molar-refractivity contribution in [1.82, 2.24) is 4.90 Å². The summed E-state index contributed by atoms with van der Waals surface area (Å²) in [5.41, 5.74) is 9.09. The molecule has 1 aliphatic heterocycles. The number of nitrogens with zero attached hydrogens (tertiary/aromatic N) is 1. The molecule has 0 bridgehead atoms. The number of likely N-dealkylation sites (tertiary alicyclic amines) is 1. The van der Waals surface area contributed by atoms with Gasteiger partial charge in [-0.1, -0.05) is 36.4 Å². The highest BCUT2D eigenvalue weighted by molar-refractivity contribution is 5.85. The third kappa shape index (κ3) is 5.23. The number of rotatable bonds is 6. The molecular formula is C21H27ClN2O2. The molecule has 1 heterocycles. The Morgan fingerprint density at radius 3 is 2.77 bits per heavy atom. The fraction of sp³-hybridized carbons (Fsp3) is 0.381. The Balaban J connectivity index is 0.00000243. The summed E-state index contributed by atoms with van der Waals surface area (Å²) in [6, 6.07) is 16.0. The smallest absolute Gasteiger partial charge is 0.227 e. The summed E-state index contributed by atoms with van der Waals surface area (Å²) in [6.45, 7) is 4.89. The molecule has 1 aliphatic rings. The van der Waals surface area contributed by atoms with Crippen LogP contribution in [-0.2, 0) is 17.8 Å². The number of ether oxygens (including phenoxy) is 1. The lowest BCUT2D eigenvalue weighted by Gasteiger charge is -2.16. The van der Waals surface area contributed by atoms with Crippen molar-refractivity contribution in [2.75, 3.05) is 19.6 Å². The topological polar surface area (TPSA) is 55.6 Å². The van der Waals surface area contributed by atoms with Crippen LogP contribution in [0.15, 0.2) is 48.5 Å². The van der Waals surface area contributed by atoms with Gasteiger partial charge in [-0.2, -0.15) is 0 Å². The summed E-state index contributed by atoms with van der Waals surface area (Å²) >= 11 is 0. The minimum atomic E-state index is 0. The molecule has 140 valence electrons. The largest absolute Gasteiger partial charge is 0.489 e. The van der Waals surface area contributed by atoms with Crippen LogP contribution in [0.4, 0.5) is 0 Å². The van der Waals surface area contributed by atoms with Gasteiger partial charge in [-0.25, -0.2) is 0 Å². The second-order valence-corrected chi connectivity index (χ2v) is 6.77. The summed E-state index contributed by atoms with van der Waals surface area (Å²) in [5.74, 6) is 1.43. The molecule has 1 amide bonds. The zero-order chi connectivity index (χ0) is 17.6. The van der Waals surface area contributed by atoms with Gasteiger partial charge >= 0.3 is 0 Å². The van der Waals surface area contributed by atoms with Crippen molar-refractivity contribution in [3.8, 4) is 5.75 Å². The molecule has 2 aromatic rings. The fourth-order valence-corrected chi connectivity index (χ4v) is 3.22. The molecule has 1 saturated heterocycles. The van der Waals surface area contributed by atoms with E-state index in [4.69, 9.17) is 10.5 Å². The Morgan fingerprint density at radius 1 is 1.23 bits per heavy atom. The normalized spacial score (nSPS) is 16.2. The highest BCUT2D eigenvalue weighted by Gasteiger charge is 2.25. The average Bonchev–Trinajstić information content (AvgIpc) is 3.11. The van der Waals surface area contributed by atoms with E-state index in [0.29, 0.717) is 25.5 Å². The minimum absolute atomic E-state index is 0. The first-order valence-corrected chi connectivity index (χ1v) is 8.90. The predicted molar refractivity (Wildman–Crippen MR) is 107 cm³/mol. The van der Waals surface area contributed by atoms with Gasteiger partial charge in [0.2, 0.25) is 5.91 Å². The first-order chi connectivity index (χ1) is 12.2. The summed E-state index contributed by atoms with van der Waals surface area (Å²) in [4.78, 5) is 14.4. The molecule has 2 N–H and O–H groups in total. The summed E-state index contributed by atoms with van der Waals surface area (Å²) in [6.07, 6.45) is 1.43. The maximum Gasteiger partial charge on any atom is 0.227 e. The first-order valence-electron chi connectivity index (χ1n) is 8.90. The van der Waals surface area contributed by atoms with E-state index in [1.165, 1.54) is 11.1 Å². The van der Waals surface area contributed by atoms with Crippen LogP contribution in [0.5, 0.6) is 5.75 Å². The third-order valence-electron chi connectivity index (χ3n) is 4.88. The molecule has 1 atom stereocenters. The molecule has 26 heavy (non-hydrogen) atoms. The zero-order valence-electron chi connectivity index (χ0n) is 15.2. The van der Waals surface area contributed by atoms with E-state index in [1.54, 1.807) is 0 Å².